The molecular weight excluding hydrogens is 388 g/mol. The number of amides is 1. The van der Waals surface area contributed by atoms with Crippen LogP contribution in [0.3, 0.4) is 0 Å². The monoisotopic (exact) mass is 401 g/mol. The molecule has 0 atom stereocenters. The molecule has 0 heterocycles. The minimum atomic E-state index is -0.224. The summed E-state index contributed by atoms with van der Waals surface area (Å²) in [5.74, 6) is 0.498. The highest BCUT2D eigenvalue weighted by atomic mass is 127. The molecule has 0 aliphatic heterocycles. The summed E-state index contributed by atoms with van der Waals surface area (Å²) in [6, 6.07) is 14.2. The van der Waals surface area contributed by atoms with Gasteiger partial charge in [-0.15, -0.1) is 11.8 Å². The molecule has 0 saturated carbocycles. The number of nitrogens with one attached hydrogen (secondary N) is 1. The fraction of sp³-hybridized carbons (Fsp3) is 0.133. The van der Waals surface area contributed by atoms with Crippen molar-refractivity contribution in [2.24, 2.45) is 0 Å². The van der Waals surface area contributed by atoms with Crippen molar-refractivity contribution in [2.75, 3.05) is 11.1 Å². The number of halogens is 2. The second kappa shape index (κ2) is 7.64. The van der Waals surface area contributed by atoms with E-state index in [-0.39, 0.29) is 11.7 Å². The smallest absolute Gasteiger partial charge is 0.234 e. The molecule has 20 heavy (non-hydrogen) atoms. The maximum absolute atomic E-state index is 13.4. The molecule has 0 unspecified atom stereocenters. The molecule has 0 fully saturated rings. The molecule has 2 rings (SSSR count). The third-order valence-corrected chi connectivity index (χ3v) is 4.28. The van der Waals surface area contributed by atoms with E-state index < -0.39 is 0 Å². The van der Waals surface area contributed by atoms with E-state index in [2.05, 4.69) is 27.9 Å². The average Bonchev–Trinajstić information content (AvgIpc) is 2.43. The van der Waals surface area contributed by atoms with Crippen LogP contribution >= 0.6 is 34.4 Å². The van der Waals surface area contributed by atoms with Crippen LogP contribution in [0.1, 0.15) is 5.56 Å². The molecule has 1 N–H and O–H groups in total. The molecule has 0 radical (unpaired) electrons. The van der Waals surface area contributed by atoms with Crippen LogP contribution in [-0.4, -0.2) is 11.7 Å². The molecule has 5 heteroatoms. The lowest BCUT2D eigenvalue weighted by Gasteiger charge is -2.06. The Hall–Kier alpha value is -1.08. The van der Waals surface area contributed by atoms with E-state index >= 15 is 0 Å². The van der Waals surface area contributed by atoms with Gasteiger partial charge in [0.15, 0.2) is 0 Å². The topological polar surface area (TPSA) is 29.1 Å². The summed E-state index contributed by atoms with van der Waals surface area (Å²) in [7, 11) is 0. The molecule has 104 valence electrons. The Kier molecular flexibility index (Phi) is 5.85. The van der Waals surface area contributed by atoms with Crippen LogP contribution in [0, 0.1) is 9.39 Å². The first-order chi connectivity index (χ1) is 9.65. The van der Waals surface area contributed by atoms with Gasteiger partial charge >= 0.3 is 0 Å². The highest BCUT2D eigenvalue weighted by Gasteiger charge is 2.05. The summed E-state index contributed by atoms with van der Waals surface area (Å²) >= 11 is 3.61. The van der Waals surface area contributed by atoms with Crippen molar-refractivity contribution in [1.82, 2.24) is 0 Å². The van der Waals surface area contributed by atoms with Gasteiger partial charge in [0.2, 0.25) is 5.91 Å². The lowest BCUT2D eigenvalue weighted by atomic mass is 10.2. The van der Waals surface area contributed by atoms with Crippen LogP contribution in [0.4, 0.5) is 10.1 Å². The van der Waals surface area contributed by atoms with Crippen molar-refractivity contribution in [3.63, 3.8) is 0 Å². The third-order valence-electron chi connectivity index (χ3n) is 2.58. The normalized spacial score (nSPS) is 10.3. The van der Waals surface area contributed by atoms with Gasteiger partial charge in [0.05, 0.1) is 5.75 Å². The van der Waals surface area contributed by atoms with Gasteiger partial charge in [0, 0.05) is 15.0 Å². The van der Waals surface area contributed by atoms with E-state index in [4.69, 9.17) is 0 Å². The predicted molar refractivity (Wildman–Crippen MR) is 90.4 cm³/mol. The summed E-state index contributed by atoms with van der Waals surface area (Å²) in [5.41, 5.74) is 1.40. The molecule has 2 aromatic carbocycles. The fourth-order valence-electron chi connectivity index (χ4n) is 1.60. The van der Waals surface area contributed by atoms with Crippen molar-refractivity contribution < 1.29 is 9.18 Å². The zero-order valence-electron chi connectivity index (χ0n) is 10.6. The molecule has 1 amide bonds. The molecule has 0 bridgehead atoms. The molecule has 2 aromatic rings. The number of hydrogen-bond donors (Lipinski definition) is 1. The number of rotatable bonds is 5. The Morgan fingerprint density at radius 2 is 1.85 bits per heavy atom. The molecule has 0 aromatic heterocycles. The van der Waals surface area contributed by atoms with Crippen molar-refractivity contribution in [1.29, 1.82) is 0 Å². The first-order valence-electron chi connectivity index (χ1n) is 6.02. The van der Waals surface area contributed by atoms with Crippen molar-refractivity contribution >= 4 is 45.9 Å². The Bertz CT molecular complexity index is 589. The summed E-state index contributed by atoms with van der Waals surface area (Å²) in [4.78, 5) is 11.7. The van der Waals surface area contributed by atoms with Crippen LogP contribution in [0.25, 0.3) is 0 Å². The summed E-state index contributed by atoms with van der Waals surface area (Å²) in [6.07, 6.45) is 0. The fourth-order valence-corrected chi connectivity index (χ4v) is 2.77. The van der Waals surface area contributed by atoms with E-state index in [9.17, 15) is 9.18 Å². The van der Waals surface area contributed by atoms with E-state index in [0.717, 1.165) is 9.26 Å². The summed E-state index contributed by atoms with van der Waals surface area (Å²) in [6.45, 7) is 0. The number of carbonyl (C=O) groups excluding carboxylic acids is 1. The molecule has 0 aliphatic carbocycles. The average molecular weight is 401 g/mol. The van der Waals surface area contributed by atoms with Gasteiger partial charge in [0.25, 0.3) is 0 Å². The summed E-state index contributed by atoms with van der Waals surface area (Å²) in [5, 5.41) is 2.81. The van der Waals surface area contributed by atoms with Crippen molar-refractivity contribution in [2.45, 2.75) is 5.75 Å². The largest absolute Gasteiger partial charge is 0.325 e. The quantitative estimate of drug-likeness (QED) is 0.757. The molecule has 0 saturated heterocycles. The minimum absolute atomic E-state index is 0.0763. The first kappa shape index (κ1) is 15.3. The van der Waals surface area contributed by atoms with E-state index in [0.29, 0.717) is 17.1 Å². The lowest BCUT2D eigenvalue weighted by molar-refractivity contribution is -0.113. The zero-order chi connectivity index (χ0) is 14.4. The number of hydrogen-bond acceptors (Lipinski definition) is 2. The van der Waals surface area contributed by atoms with Crippen LogP contribution in [0.15, 0.2) is 48.5 Å². The van der Waals surface area contributed by atoms with Gasteiger partial charge in [-0.05, 0) is 58.5 Å². The van der Waals surface area contributed by atoms with Gasteiger partial charge in [-0.2, -0.15) is 0 Å². The second-order valence-corrected chi connectivity index (χ2v) is 6.37. The minimum Gasteiger partial charge on any atom is -0.325 e. The Morgan fingerprint density at radius 1 is 1.15 bits per heavy atom. The number of thioether (sulfide) groups is 1. The van der Waals surface area contributed by atoms with Gasteiger partial charge < -0.3 is 5.32 Å². The highest BCUT2D eigenvalue weighted by molar-refractivity contribution is 14.1. The van der Waals surface area contributed by atoms with Crippen LogP contribution < -0.4 is 5.32 Å². The molecule has 0 aliphatic rings. The third kappa shape index (κ3) is 4.79. The maximum Gasteiger partial charge on any atom is 0.234 e. The van der Waals surface area contributed by atoms with Crippen LogP contribution in [0.2, 0.25) is 0 Å². The van der Waals surface area contributed by atoms with Crippen LogP contribution in [0.5, 0.6) is 0 Å². The number of benzene rings is 2. The van der Waals surface area contributed by atoms with Gasteiger partial charge in [-0.1, -0.05) is 18.2 Å². The van der Waals surface area contributed by atoms with Gasteiger partial charge in [0.1, 0.15) is 5.82 Å². The zero-order valence-corrected chi connectivity index (χ0v) is 13.6. The standard InChI is InChI=1S/C15H13FINOS/c16-14-4-2-1-3-11(14)9-20-10-15(19)18-13-7-5-12(17)6-8-13/h1-8H,9-10H2,(H,18,19). The van der Waals surface area contributed by atoms with Gasteiger partial charge in [-0.25, -0.2) is 4.39 Å². The van der Waals surface area contributed by atoms with Crippen molar-refractivity contribution in [3.05, 3.63) is 63.5 Å². The molecule has 2 nitrogen and oxygen atoms in total. The number of carbonyl (C=O) groups is 1. The second-order valence-electron chi connectivity index (χ2n) is 4.14. The Labute approximate surface area is 135 Å². The maximum atomic E-state index is 13.4. The Balaban J connectivity index is 1.78. The van der Waals surface area contributed by atoms with Gasteiger partial charge in [-0.3, -0.25) is 4.79 Å². The Morgan fingerprint density at radius 3 is 2.55 bits per heavy atom. The summed E-state index contributed by atoms with van der Waals surface area (Å²) < 4.78 is 14.5. The predicted octanol–water partition coefficient (Wildman–Crippen LogP) is 4.30. The highest BCUT2D eigenvalue weighted by Crippen LogP contribution is 2.16. The SMILES string of the molecule is O=C(CSCc1ccccc1F)Nc1ccc(I)cc1. The van der Waals surface area contributed by atoms with Crippen LogP contribution in [-0.2, 0) is 10.5 Å². The first-order valence-corrected chi connectivity index (χ1v) is 8.25. The lowest BCUT2D eigenvalue weighted by Crippen LogP contribution is -2.14. The van der Waals surface area contributed by atoms with E-state index in [1.807, 2.05) is 24.3 Å². The molecular formula is C15H13FINOS. The van der Waals surface area contributed by atoms with E-state index in [1.165, 1.54) is 17.8 Å². The van der Waals surface area contributed by atoms with Crippen molar-refractivity contribution in [3.8, 4) is 0 Å². The number of anilines is 1. The van der Waals surface area contributed by atoms with E-state index in [1.54, 1.807) is 18.2 Å². The molecule has 0 spiro atoms.